The third-order valence-electron chi connectivity index (χ3n) is 2.51. The Balaban J connectivity index is 1.85. The maximum absolute atomic E-state index is 13.2. The van der Waals surface area contributed by atoms with E-state index in [0.29, 0.717) is 17.1 Å². The largest absolute Gasteiger partial charge is 0.490 e. The van der Waals surface area contributed by atoms with Gasteiger partial charge in [-0.3, -0.25) is 0 Å². The minimum Gasteiger partial charge on any atom is -0.490 e. The van der Waals surface area contributed by atoms with E-state index in [1.807, 2.05) is 6.07 Å². The maximum atomic E-state index is 13.2. The zero-order valence-electron chi connectivity index (χ0n) is 10.5. The maximum Gasteiger partial charge on any atom is 0.145 e. The van der Waals surface area contributed by atoms with Crippen LogP contribution in [0.2, 0.25) is 5.02 Å². The Labute approximate surface area is 121 Å². The predicted molar refractivity (Wildman–Crippen MR) is 73.6 cm³/mol. The molecule has 0 radical (unpaired) electrons. The van der Waals surface area contributed by atoms with E-state index in [0.717, 1.165) is 0 Å². The van der Waals surface area contributed by atoms with E-state index in [1.165, 1.54) is 12.1 Å². The average molecular weight is 292 g/mol. The molecule has 0 aliphatic heterocycles. The third kappa shape index (κ3) is 3.62. The van der Waals surface area contributed by atoms with Crippen LogP contribution in [0, 0.1) is 17.1 Å². The summed E-state index contributed by atoms with van der Waals surface area (Å²) in [5.74, 6) is 0.352. The van der Waals surface area contributed by atoms with Gasteiger partial charge in [0.25, 0.3) is 0 Å². The molecule has 2 rings (SSSR count). The van der Waals surface area contributed by atoms with Crippen molar-refractivity contribution in [1.29, 1.82) is 5.26 Å². The summed E-state index contributed by atoms with van der Waals surface area (Å²) in [6, 6.07) is 13.2. The highest BCUT2D eigenvalue weighted by atomic mass is 35.5. The molecule has 0 bridgehead atoms. The lowest BCUT2D eigenvalue weighted by Gasteiger charge is -2.09. The molecule has 2 aromatic rings. The molecular weight excluding hydrogens is 281 g/mol. The van der Waals surface area contributed by atoms with Crippen molar-refractivity contribution in [3.05, 3.63) is 58.9 Å². The summed E-state index contributed by atoms with van der Waals surface area (Å²) >= 11 is 5.57. The van der Waals surface area contributed by atoms with Crippen LogP contribution >= 0.6 is 11.6 Å². The number of para-hydroxylation sites is 1. The molecule has 0 heterocycles. The van der Waals surface area contributed by atoms with Crippen LogP contribution in [-0.2, 0) is 0 Å². The van der Waals surface area contributed by atoms with Crippen LogP contribution in [0.1, 0.15) is 5.56 Å². The van der Waals surface area contributed by atoms with E-state index in [-0.39, 0.29) is 18.2 Å². The molecule has 102 valence electrons. The van der Waals surface area contributed by atoms with Crippen LogP contribution in [0.25, 0.3) is 0 Å². The number of ether oxygens (including phenoxy) is 2. The van der Waals surface area contributed by atoms with Crippen molar-refractivity contribution in [2.75, 3.05) is 13.2 Å². The number of hydrogen-bond donors (Lipinski definition) is 0. The molecule has 0 saturated carbocycles. The second-order valence-electron chi connectivity index (χ2n) is 3.88. The molecule has 0 aliphatic rings. The molecular formula is C15H11ClFNO2. The highest BCUT2D eigenvalue weighted by Gasteiger charge is 2.03. The predicted octanol–water partition coefficient (Wildman–Crippen LogP) is 3.81. The first-order chi connectivity index (χ1) is 9.70. The van der Waals surface area contributed by atoms with Crippen molar-refractivity contribution in [2.24, 2.45) is 0 Å². The second kappa shape index (κ2) is 6.78. The van der Waals surface area contributed by atoms with Gasteiger partial charge in [-0.2, -0.15) is 5.26 Å². The summed E-state index contributed by atoms with van der Waals surface area (Å²) in [5.41, 5.74) is 0.463. The second-order valence-corrected chi connectivity index (χ2v) is 4.29. The summed E-state index contributed by atoms with van der Waals surface area (Å²) in [4.78, 5) is 0. The van der Waals surface area contributed by atoms with E-state index >= 15 is 0 Å². The molecule has 0 unspecified atom stereocenters. The van der Waals surface area contributed by atoms with Gasteiger partial charge in [0.2, 0.25) is 0 Å². The van der Waals surface area contributed by atoms with Crippen molar-refractivity contribution in [3.8, 4) is 17.6 Å². The van der Waals surface area contributed by atoms with Gasteiger partial charge in [0.1, 0.15) is 36.6 Å². The minimum absolute atomic E-state index is 0.0524. The molecule has 0 fully saturated rings. The normalized spacial score (nSPS) is 9.85. The Kier molecular flexibility index (Phi) is 4.80. The summed E-state index contributed by atoms with van der Waals surface area (Å²) in [6.45, 7) is 0.490. The van der Waals surface area contributed by atoms with E-state index in [2.05, 4.69) is 0 Å². The Hall–Kier alpha value is -2.25. The van der Waals surface area contributed by atoms with Crippen molar-refractivity contribution in [3.63, 3.8) is 0 Å². The minimum atomic E-state index is -0.528. The van der Waals surface area contributed by atoms with Gasteiger partial charge < -0.3 is 9.47 Å². The van der Waals surface area contributed by atoms with Gasteiger partial charge in [-0.25, -0.2) is 4.39 Å². The van der Waals surface area contributed by atoms with Crippen molar-refractivity contribution in [2.45, 2.75) is 0 Å². The lowest BCUT2D eigenvalue weighted by molar-refractivity contribution is 0.216. The summed E-state index contributed by atoms with van der Waals surface area (Å²) < 4.78 is 23.9. The highest BCUT2D eigenvalue weighted by molar-refractivity contribution is 6.30. The Morgan fingerprint density at radius 3 is 2.60 bits per heavy atom. The van der Waals surface area contributed by atoms with Gasteiger partial charge in [-0.05, 0) is 24.3 Å². The number of halogens is 2. The van der Waals surface area contributed by atoms with Gasteiger partial charge in [0, 0.05) is 6.07 Å². The topological polar surface area (TPSA) is 42.2 Å². The fraction of sp³-hybridized carbons (Fsp3) is 0.133. The molecule has 20 heavy (non-hydrogen) atoms. The fourth-order valence-corrected chi connectivity index (χ4v) is 1.68. The molecule has 0 saturated heterocycles. The molecule has 3 nitrogen and oxygen atoms in total. The van der Waals surface area contributed by atoms with E-state index in [9.17, 15) is 4.39 Å². The lowest BCUT2D eigenvalue weighted by Crippen LogP contribution is -2.09. The average Bonchev–Trinajstić information content (AvgIpc) is 2.47. The van der Waals surface area contributed by atoms with Crippen molar-refractivity contribution >= 4 is 11.6 Å². The summed E-state index contributed by atoms with van der Waals surface area (Å²) in [7, 11) is 0. The van der Waals surface area contributed by atoms with Gasteiger partial charge in [-0.1, -0.05) is 23.7 Å². The number of nitrogens with zero attached hydrogens (tertiary/aromatic N) is 1. The van der Waals surface area contributed by atoms with E-state index < -0.39 is 5.82 Å². The van der Waals surface area contributed by atoms with Crippen LogP contribution in [0.5, 0.6) is 11.5 Å². The van der Waals surface area contributed by atoms with Crippen LogP contribution in [0.3, 0.4) is 0 Å². The quantitative estimate of drug-likeness (QED) is 0.787. The first kappa shape index (κ1) is 14.2. The third-order valence-corrected chi connectivity index (χ3v) is 2.81. The molecule has 0 amide bonds. The first-order valence-corrected chi connectivity index (χ1v) is 6.28. The van der Waals surface area contributed by atoms with E-state index in [4.69, 9.17) is 26.3 Å². The van der Waals surface area contributed by atoms with Gasteiger partial charge in [-0.15, -0.1) is 0 Å². The van der Waals surface area contributed by atoms with Crippen molar-refractivity contribution in [1.82, 2.24) is 0 Å². The molecule has 0 spiro atoms. The number of benzene rings is 2. The molecule has 0 aromatic heterocycles. The fourth-order valence-electron chi connectivity index (χ4n) is 1.56. The van der Waals surface area contributed by atoms with Crippen LogP contribution in [-0.4, -0.2) is 13.2 Å². The zero-order valence-corrected chi connectivity index (χ0v) is 11.2. The molecule has 0 N–H and O–H groups in total. The molecule has 0 atom stereocenters. The standard InChI is InChI=1S/C15H11ClFNO2/c16-13-6-5-12(9-14(13)17)19-7-8-20-15-4-2-1-3-11(15)10-18/h1-6,9H,7-8H2. The smallest absolute Gasteiger partial charge is 0.145 e. The highest BCUT2D eigenvalue weighted by Crippen LogP contribution is 2.20. The summed E-state index contributed by atoms with van der Waals surface area (Å²) in [6.07, 6.45) is 0. The summed E-state index contributed by atoms with van der Waals surface area (Å²) in [5, 5.41) is 8.95. The van der Waals surface area contributed by atoms with Gasteiger partial charge in [0.05, 0.1) is 10.6 Å². The monoisotopic (exact) mass is 291 g/mol. The molecule has 5 heteroatoms. The number of nitriles is 1. The molecule has 0 aliphatic carbocycles. The van der Waals surface area contributed by atoms with Crippen LogP contribution < -0.4 is 9.47 Å². The van der Waals surface area contributed by atoms with E-state index in [1.54, 1.807) is 30.3 Å². The Morgan fingerprint density at radius 2 is 1.85 bits per heavy atom. The SMILES string of the molecule is N#Cc1ccccc1OCCOc1ccc(Cl)c(F)c1. The first-order valence-electron chi connectivity index (χ1n) is 5.90. The molecule has 2 aromatic carbocycles. The Morgan fingerprint density at radius 1 is 1.10 bits per heavy atom. The number of hydrogen-bond acceptors (Lipinski definition) is 3. The van der Waals surface area contributed by atoms with Gasteiger partial charge >= 0.3 is 0 Å². The Bertz CT molecular complexity index is 640. The van der Waals surface area contributed by atoms with Crippen molar-refractivity contribution < 1.29 is 13.9 Å². The van der Waals surface area contributed by atoms with Crippen LogP contribution in [0.4, 0.5) is 4.39 Å². The number of rotatable bonds is 5. The zero-order chi connectivity index (χ0) is 14.4. The lowest BCUT2D eigenvalue weighted by atomic mass is 10.2. The van der Waals surface area contributed by atoms with Gasteiger partial charge in [0.15, 0.2) is 0 Å². The van der Waals surface area contributed by atoms with Crippen LogP contribution in [0.15, 0.2) is 42.5 Å².